The molecule has 0 aromatic heterocycles. The first-order valence-corrected chi connectivity index (χ1v) is 9.39. The van der Waals surface area contributed by atoms with E-state index >= 15 is 0 Å². The van der Waals surface area contributed by atoms with Crippen LogP contribution in [0.25, 0.3) is 0 Å². The molecule has 0 saturated heterocycles. The van der Waals surface area contributed by atoms with E-state index in [-0.39, 0.29) is 29.5 Å². The fraction of sp³-hybridized carbons (Fsp3) is 0.550. The van der Waals surface area contributed by atoms with Crippen molar-refractivity contribution in [2.45, 2.75) is 64.3 Å². The number of rotatable bonds is 6. The number of carboxylic acids is 1. The number of carbonyl (C=O) groups excluding carboxylic acids is 2. The monoisotopic (exact) mass is 378 g/mol. The van der Waals surface area contributed by atoms with E-state index in [1.165, 1.54) is 12.1 Å². The largest absolute Gasteiger partial charge is 0.480 e. The Bertz CT molecular complexity index is 710. The number of carboxylic acid groups (broad SMARTS) is 1. The van der Waals surface area contributed by atoms with E-state index in [1.807, 2.05) is 13.8 Å². The highest BCUT2D eigenvalue weighted by Gasteiger charge is 2.40. The molecule has 2 rings (SSSR count). The molecule has 0 radical (unpaired) electrons. The number of nitrogens with one attached hydrogen (secondary N) is 2. The minimum absolute atomic E-state index is 0.000357. The summed E-state index contributed by atoms with van der Waals surface area (Å²) >= 11 is 0. The number of aliphatic carboxylic acids is 1. The second-order valence-corrected chi connectivity index (χ2v) is 7.60. The molecule has 0 atom stereocenters. The van der Waals surface area contributed by atoms with E-state index in [0.29, 0.717) is 12.8 Å². The van der Waals surface area contributed by atoms with Crippen LogP contribution in [0.15, 0.2) is 18.2 Å². The number of anilines is 1. The Kier molecular flexibility index (Phi) is 6.93. The second kappa shape index (κ2) is 8.97. The van der Waals surface area contributed by atoms with Crippen LogP contribution in [0.1, 0.15) is 69.2 Å². The first-order chi connectivity index (χ1) is 12.7. The molecule has 7 heteroatoms. The number of benzene rings is 1. The van der Waals surface area contributed by atoms with Crippen molar-refractivity contribution >= 4 is 23.5 Å². The van der Waals surface area contributed by atoms with Crippen molar-refractivity contribution in [1.29, 1.82) is 0 Å². The molecule has 0 aliphatic heterocycles. The highest BCUT2D eigenvalue weighted by atomic mass is 19.1. The Hall–Kier alpha value is -2.44. The number of halogens is 1. The van der Waals surface area contributed by atoms with E-state index in [2.05, 4.69) is 10.6 Å². The Morgan fingerprint density at radius 3 is 2.30 bits per heavy atom. The SMILES string of the molecule is CC(C)CC(=O)Nc1ccc(C(=O)NC2(C(=O)O)CCCCCC2)cc1F. The van der Waals surface area contributed by atoms with Crippen LogP contribution in [0.2, 0.25) is 0 Å². The van der Waals surface area contributed by atoms with Gasteiger partial charge in [0.15, 0.2) is 0 Å². The van der Waals surface area contributed by atoms with Gasteiger partial charge >= 0.3 is 5.97 Å². The van der Waals surface area contributed by atoms with Crippen LogP contribution in [-0.4, -0.2) is 28.4 Å². The third-order valence-electron chi connectivity index (χ3n) is 4.82. The molecule has 1 fully saturated rings. The normalized spacial score (nSPS) is 16.4. The molecule has 2 amide bonds. The maximum absolute atomic E-state index is 14.3. The van der Waals surface area contributed by atoms with Crippen LogP contribution in [0.5, 0.6) is 0 Å². The third-order valence-corrected chi connectivity index (χ3v) is 4.82. The first-order valence-electron chi connectivity index (χ1n) is 9.39. The molecule has 1 aromatic carbocycles. The van der Waals surface area contributed by atoms with Gasteiger partial charge in [-0.25, -0.2) is 9.18 Å². The van der Waals surface area contributed by atoms with Crippen LogP contribution >= 0.6 is 0 Å². The van der Waals surface area contributed by atoms with Crippen LogP contribution in [0.3, 0.4) is 0 Å². The number of carbonyl (C=O) groups is 3. The molecule has 1 aromatic rings. The number of hydrogen-bond donors (Lipinski definition) is 3. The molecule has 27 heavy (non-hydrogen) atoms. The summed E-state index contributed by atoms with van der Waals surface area (Å²) in [4.78, 5) is 36.1. The van der Waals surface area contributed by atoms with E-state index in [1.54, 1.807) is 0 Å². The van der Waals surface area contributed by atoms with Gasteiger partial charge in [-0.05, 0) is 37.0 Å². The third kappa shape index (κ3) is 5.52. The molecular formula is C20H27FN2O4. The lowest BCUT2D eigenvalue weighted by molar-refractivity contribution is -0.145. The Labute approximate surface area is 158 Å². The summed E-state index contributed by atoms with van der Waals surface area (Å²) in [5.41, 5.74) is -1.28. The highest BCUT2D eigenvalue weighted by Crippen LogP contribution is 2.28. The van der Waals surface area contributed by atoms with Gasteiger partial charge in [0.2, 0.25) is 5.91 Å². The van der Waals surface area contributed by atoms with Gasteiger partial charge in [0.1, 0.15) is 11.4 Å². The van der Waals surface area contributed by atoms with Crippen molar-refractivity contribution in [3.05, 3.63) is 29.6 Å². The minimum Gasteiger partial charge on any atom is -0.480 e. The van der Waals surface area contributed by atoms with Gasteiger partial charge in [-0.2, -0.15) is 0 Å². The zero-order valence-corrected chi connectivity index (χ0v) is 15.8. The summed E-state index contributed by atoms with van der Waals surface area (Å²) < 4.78 is 14.3. The first kappa shape index (κ1) is 20.9. The van der Waals surface area contributed by atoms with Crippen LogP contribution < -0.4 is 10.6 Å². The topological polar surface area (TPSA) is 95.5 Å². The molecule has 148 valence electrons. The molecule has 0 bridgehead atoms. The van der Waals surface area contributed by atoms with Gasteiger partial charge in [0.05, 0.1) is 5.69 Å². The molecular weight excluding hydrogens is 351 g/mol. The number of hydrogen-bond acceptors (Lipinski definition) is 3. The molecule has 1 aliphatic carbocycles. The second-order valence-electron chi connectivity index (χ2n) is 7.60. The zero-order valence-electron chi connectivity index (χ0n) is 15.8. The minimum atomic E-state index is -1.31. The van der Waals surface area contributed by atoms with Crippen molar-refractivity contribution in [3.8, 4) is 0 Å². The summed E-state index contributed by atoms with van der Waals surface area (Å²) in [5, 5.41) is 14.7. The summed E-state index contributed by atoms with van der Waals surface area (Å²) in [5.74, 6) is -2.58. The molecule has 3 N–H and O–H groups in total. The van der Waals surface area contributed by atoms with Crippen LogP contribution in [0.4, 0.5) is 10.1 Å². The quantitative estimate of drug-likeness (QED) is 0.658. The molecule has 1 aliphatic rings. The van der Waals surface area contributed by atoms with E-state index < -0.39 is 23.2 Å². The molecule has 6 nitrogen and oxygen atoms in total. The van der Waals surface area contributed by atoms with E-state index in [9.17, 15) is 23.9 Å². The average molecular weight is 378 g/mol. The van der Waals surface area contributed by atoms with Gasteiger partial charge in [-0.3, -0.25) is 9.59 Å². The summed E-state index contributed by atoms with van der Waals surface area (Å²) in [6, 6.07) is 3.73. The number of amides is 2. The van der Waals surface area contributed by atoms with Gasteiger partial charge in [-0.15, -0.1) is 0 Å². The fourth-order valence-electron chi connectivity index (χ4n) is 3.34. The maximum atomic E-state index is 14.3. The van der Waals surface area contributed by atoms with Crippen molar-refractivity contribution in [2.75, 3.05) is 5.32 Å². The molecule has 1 saturated carbocycles. The molecule has 0 spiro atoms. The zero-order chi connectivity index (χ0) is 20.0. The van der Waals surface area contributed by atoms with E-state index in [4.69, 9.17) is 0 Å². The predicted molar refractivity (Wildman–Crippen MR) is 100 cm³/mol. The van der Waals surface area contributed by atoms with Gasteiger partial charge in [0.25, 0.3) is 5.91 Å². The molecule has 0 unspecified atom stereocenters. The maximum Gasteiger partial charge on any atom is 0.329 e. The molecule has 0 heterocycles. The standard InChI is InChI=1S/C20H27FN2O4/c1-13(2)11-17(24)22-16-8-7-14(12-15(16)21)18(25)23-20(19(26)27)9-5-3-4-6-10-20/h7-8,12-13H,3-6,9-11H2,1-2H3,(H,22,24)(H,23,25)(H,26,27). The van der Waals surface area contributed by atoms with Gasteiger partial charge in [-0.1, -0.05) is 39.5 Å². The van der Waals surface area contributed by atoms with Crippen LogP contribution in [0, 0.1) is 11.7 Å². The van der Waals surface area contributed by atoms with E-state index in [0.717, 1.165) is 31.7 Å². The highest BCUT2D eigenvalue weighted by molar-refractivity contribution is 5.98. The Morgan fingerprint density at radius 2 is 1.78 bits per heavy atom. The van der Waals surface area contributed by atoms with Crippen molar-refractivity contribution in [2.24, 2.45) is 5.92 Å². The predicted octanol–water partition coefficient (Wildman–Crippen LogP) is 3.72. The fourth-order valence-corrected chi connectivity index (χ4v) is 3.34. The lowest BCUT2D eigenvalue weighted by Crippen LogP contribution is -2.54. The summed E-state index contributed by atoms with van der Waals surface area (Å²) in [6.07, 6.45) is 4.31. The van der Waals surface area contributed by atoms with Crippen molar-refractivity contribution in [3.63, 3.8) is 0 Å². The lowest BCUT2D eigenvalue weighted by atomic mass is 9.90. The lowest BCUT2D eigenvalue weighted by Gasteiger charge is -2.29. The Morgan fingerprint density at radius 1 is 1.15 bits per heavy atom. The Balaban J connectivity index is 2.13. The van der Waals surface area contributed by atoms with Crippen molar-refractivity contribution in [1.82, 2.24) is 5.32 Å². The van der Waals surface area contributed by atoms with Crippen molar-refractivity contribution < 1.29 is 23.9 Å². The van der Waals surface area contributed by atoms with Crippen LogP contribution in [-0.2, 0) is 9.59 Å². The smallest absolute Gasteiger partial charge is 0.329 e. The summed E-state index contributed by atoms with van der Waals surface area (Å²) in [7, 11) is 0. The van der Waals surface area contributed by atoms with Gasteiger partial charge in [0, 0.05) is 12.0 Å². The average Bonchev–Trinajstić information content (AvgIpc) is 2.82. The van der Waals surface area contributed by atoms with Gasteiger partial charge < -0.3 is 15.7 Å². The summed E-state index contributed by atoms with van der Waals surface area (Å²) in [6.45, 7) is 3.77.